The third-order valence-corrected chi connectivity index (χ3v) is 4.43. The highest BCUT2D eigenvalue weighted by Gasteiger charge is 2.34. The van der Waals surface area contributed by atoms with Gasteiger partial charge in [-0.15, -0.1) is 24.8 Å². The number of carbonyl (C=O) groups is 1. The molecule has 21 heavy (non-hydrogen) atoms. The summed E-state index contributed by atoms with van der Waals surface area (Å²) < 4.78 is 0. The molecule has 1 aromatic heterocycles. The van der Waals surface area contributed by atoms with E-state index < -0.39 is 0 Å². The van der Waals surface area contributed by atoms with Gasteiger partial charge in [-0.25, -0.2) is 0 Å². The number of nitrogens with zero attached hydrogens (tertiary/aromatic N) is 2. The van der Waals surface area contributed by atoms with Gasteiger partial charge in [-0.05, 0) is 55.5 Å². The first-order chi connectivity index (χ1) is 9.33. The number of amides is 1. The number of hydrogen-bond donors (Lipinski definition) is 1. The number of rotatable bonds is 3. The summed E-state index contributed by atoms with van der Waals surface area (Å²) in [7, 11) is 0. The van der Waals surface area contributed by atoms with E-state index in [0.29, 0.717) is 18.2 Å². The molecule has 0 saturated carbocycles. The van der Waals surface area contributed by atoms with Gasteiger partial charge in [0, 0.05) is 31.9 Å². The maximum Gasteiger partial charge on any atom is 0.222 e. The van der Waals surface area contributed by atoms with Crippen LogP contribution in [-0.2, 0) is 11.2 Å². The fourth-order valence-electron chi connectivity index (χ4n) is 3.22. The van der Waals surface area contributed by atoms with Crippen molar-refractivity contribution >= 4 is 30.7 Å². The molecule has 2 aliphatic rings. The van der Waals surface area contributed by atoms with E-state index in [2.05, 4.69) is 15.2 Å². The van der Waals surface area contributed by atoms with Crippen molar-refractivity contribution in [3.63, 3.8) is 0 Å². The minimum atomic E-state index is 0. The lowest BCUT2D eigenvalue weighted by Crippen LogP contribution is -2.43. The Hall–Kier alpha value is -0.840. The lowest BCUT2D eigenvalue weighted by molar-refractivity contribution is -0.133. The molecule has 2 aliphatic heterocycles. The smallest absolute Gasteiger partial charge is 0.222 e. The average Bonchev–Trinajstić information content (AvgIpc) is 2.93. The normalized spacial score (nSPS) is 23.7. The van der Waals surface area contributed by atoms with Crippen LogP contribution in [0.4, 0.5) is 0 Å². The van der Waals surface area contributed by atoms with Crippen molar-refractivity contribution in [3.05, 3.63) is 30.1 Å². The molecule has 0 radical (unpaired) electrons. The van der Waals surface area contributed by atoms with Gasteiger partial charge >= 0.3 is 0 Å². The number of piperidine rings is 1. The summed E-state index contributed by atoms with van der Waals surface area (Å²) in [5.41, 5.74) is 1.20. The summed E-state index contributed by atoms with van der Waals surface area (Å²) in [5.74, 6) is 1.78. The molecule has 2 atom stereocenters. The zero-order chi connectivity index (χ0) is 13.1. The Morgan fingerprint density at radius 2 is 1.95 bits per heavy atom. The Morgan fingerprint density at radius 3 is 2.71 bits per heavy atom. The SMILES string of the molecule is Cl.Cl.O=C(CCc1ccncc1)N1CCC2CNCC2C1. The number of halogens is 2. The minimum absolute atomic E-state index is 0. The number of hydrogen-bond acceptors (Lipinski definition) is 3. The molecule has 0 aromatic carbocycles. The largest absolute Gasteiger partial charge is 0.342 e. The second-order valence-corrected chi connectivity index (χ2v) is 5.66. The Morgan fingerprint density at radius 1 is 1.24 bits per heavy atom. The molecule has 3 heterocycles. The van der Waals surface area contributed by atoms with Crippen LogP contribution in [-0.4, -0.2) is 42.0 Å². The zero-order valence-corrected chi connectivity index (χ0v) is 13.7. The third-order valence-electron chi connectivity index (χ3n) is 4.43. The molecule has 2 saturated heterocycles. The predicted octanol–water partition coefficient (Wildman–Crippen LogP) is 1.93. The van der Waals surface area contributed by atoms with Crippen LogP contribution in [0.25, 0.3) is 0 Å². The number of nitrogens with one attached hydrogen (secondary N) is 1. The fraction of sp³-hybridized carbons (Fsp3) is 0.600. The van der Waals surface area contributed by atoms with Crippen LogP contribution >= 0.6 is 24.8 Å². The lowest BCUT2D eigenvalue weighted by Gasteiger charge is -2.34. The van der Waals surface area contributed by atoms with E-state index in [1.165, 1.54) is 12.0 Å². The first-order valence-electron chi connectivity index (χ1n) is 7.20. The van der Waals surface area contributed by atoms with Gasteiger partial charge in [0.2, 0.25) is 5.91 Å². The van der Waals surface area contributed by atoms with Gasteiger partial charge in [0.15, 0.2) is 0 Å². The summed E-state index contributed by atoms with van der Waals surface area (Å²) in [5, 5.41) is 3.44. The molecule has 0 aliphatic carbocycles. The molecule has 3 rings (SSSR count). The van der Waals surface area contributed by atoms with Crippen molar-refractivity contribution < 1.29 is 4.79 Å². The highest BCUT2D eigenvalue weighted by Crippen LogP contribution is 2.26. The summed E-state index contributed by atoms with van der Waals surface area (Å²) in [6.07, 6.45) is 6.18. The summed E-state index contributed by atoms with van der Waals surface area (Å²) in [6.45, 7) is 4.12. The lowest BCUT2D eigenvalue weighted by atomic mass is 9.88. The number of aryl methyl sites for hydroxylation is 1. The molecule has 1 N–H and O–H groups in total. The second kappa shape index (κ2) is 8.57. The number of aromatic nitrogens is 1. The summed E-state index contributed by atoms with van der Waals surface area (Å²) >= 11 is 0. The van der Waals surface area contributed by atoms with Gasteiger partial charge in [-0.2, -0.15) is 0 Å². The van der Waals surface area contributed by atoms with Crippen LogP contribution in [0.15, 0.2) is 24.5 Å². The quantitative estimate of drug-likeness (QED) is 0.920. The van der Waals surface area contributed by atoms with E-state index in [0.717, 1.165) is 38.5 Å². The van der Waals surface area contributed by atoms with Crippen LogP contribution in [0.2, 0.25) is 0 Å². The first-order valence-corrected chi connectivity index (χ1v) is 7.20. The standard InChI is InChI=1S/C15H21N3O.2ClH/c19-15(2-1-12-3-6-16-7-4-12)18-8-5-13-9-17-10-14(13)11-18;;/h3-4,6-7,13-14,17H,1-2,5,8-11H2;2*1H. The van der Waals surface area contributed by atoms with Crippen LogP contribution in [0.1, 0.15) is 18.4 Å². The average molecular weight is 332 g/mol. The van der Waals surface area contributed by atoms with Gasteiger partial charge in [0.25, 0.3) is 0 Å². The van der Waals surface area contributed by atoms with Crippen molar-refractivity contribution in [1.29, 1.82) is 0 Å². The van der Waals surface area contributed by atoms with E-state index in [1.54, 1.807) is 12.4 Å². The molecule has 6 heteroatoms. The molecule has 1 aromatic rings. The molecule has 2 unspecified atom stereocenters. The van der Waals surface area contributed by atoms with Crippen LogP contribution in [0, 0.1) is 11.8 Å². The van der Waals surface area contributed by atoms with Crippen molar-refractivity contribution in [2.45, 2.75) is 19.3 Å². The molecule has 1 amide bonds. The van der Waals surface area contributed by atoms with Crippen molar-refractivity contribution in [3.8, 4) is 0 Å². The maximum absolute atomic E-state index is 12.2. The van der Waals surface area contributed by atoms with Gasteiger partial charge < -0.3 is 10.2 Å². The first kappa shape index (κ1) is 18.2. The fourth-order valence-corrected chi connectivity index (χ4v) is 3.22. The molecule has 2 fully saturated rings. The Labute approximate surface area is 138 Å². The topological polar surface area (TPSA) is 45.2 Å². The summed E-state index contributed by atoms with van der Waals surface area (Å²) in [6, 6.07) is 3.97. The molecule has 0 spiro atoms. The van der Waals surface area contributed by atoms with Crippen LogP contribution in [0.5, 0.6) is 0 Å². The Bertz CT molecular complexity index is 444. The van der Waals surface area contributed by atoms with E-state index in [-0.39, 0.29) is 24.8 Å². The van der Waals surface area contributed by atoms with Crippen molar-refractivity contribution in [2.75, 3.05) is 26.2 Å². The van der Waals surface area contributed by atoms with E-state index in [4.69, 9.17) is 0 Å². The van der Waals surface area contributed by atoms with Crippen molar-refractivity contribution in [1.82, 2.24) is 15.2 Å². The van der Waals surface area contributed by atoms with Crippen LogP contribution < -0.4 is 5.32 Å². The molecule has 118 valence electrons. The Kier molecular flexibility index (Phi) is 7.43. The molecule has 4 nitrogen and oxygen atoms in total. The maximum atomic E-state index is 12.2. The van der Waals surface area contributed by atoms with E-state index >= 15 is 0 Å². The number of likely N-dealkylation sites (tertiary alicyclic amines) is 1. The highest BCUT2D eigenvalue weighted by molar-refractivity contribution is 5.85. The third kappa shape index (κ3) is 4.56. The minimum Gasteiger partial charge on any atom is -0.342 e. The number of fused-ring (bicyclic) bond motifs is 1. The van der Waals surface area contributed by atoms with Gasteiger partial charge in [0.1, 0.15) is 0 Å². The second-order valence-electron chi connectivity index (χ2n) is 5.66. The van der Waals surface area contributed by atoms with Gasteiger partial charge in [-0.3, -0.25) is 9.78 Å². The molecule has 0 bridgehead atoms. The van der Waals surface area contributed by atoms with Crippen molar-refractivity contribution in [2.24, 2.45) is 11.8 Å². The summed E-state index contributed by atoms with van der Waals surface area (Å²) in [4.78, 5) is 18.3. The predicted molar refractivity (Wildman–Crippen MR) is 88.1 cm³/mol. The monoisotopic (exact) mass is 331 g/mol. The van der Waals surface area contributed by atoms with Gasteiger partial charge in [-0.1, -0.05) is 0 Å². The molecular weight excluding hydrogens is 309 g/mol. The highest BCUT2D eigenvalue weighted by atomic mass is 35.5. The van der Waals surface area contributed by atoms with E-state index in [9.17, 15) is 4.79 Å². The van der Waals surface area contributed by atoms with Crippen LogP contribution in [0.3, 0.4) is 0 Å². The zero-order valence-electron chi connectivity index (χ0n) is 12.0. The molecular formula is C15H23Cl2N3O. The van der Waals surface area contributed by atoms with Gasteiger partial charge in [0.05, 0.1) is 0 Å². The number of carbonyl (C=O) groups excluding carboxylic acids is 1. The van der Waals surface area contributed by atoms with E-state index in [1.807, 2.05) is 12.1 Å². The Balaban J connectivity index is 0.00000110. The number of pyridine rings is 1.